The van der Waals surface area contributed by atoms with Gasteiger partial charge in [0.25, 0.3) is 0 Å². The Morgan fingerprint density at radius 3 is 2.48 bits per heavy atom. The highest BCUT2D eigenvalue weighted by molar-refractivity contribution is 5.76. The lowest BCUT2D eigenvalue weighted by Gasteiger charge is -2.14. The first-order valence-corrected chi connectivity index (χ1v) is 7.53. The molecular weight excluding hydrogens is 288 g/mol. The van der Waals surface area contributed by atoms with Gasteiger partial charge in [0, 0.05) is 6.20 Å². The molecule has 0 spiro atoms. The zero-order chi connectivity index (χ0) is 16.7. The van der Waals surface area contributed by atoms with Crippen LogP contribution < -0.4 is 15.4 Å². The molecule has 0 saturated heterocycles. The molecule has 0 aliphatic carbocycles. The molecule has 4 heteroatoms. The quantitative estimate of drug-likeness (QED) is 0.876. The fourth-order valence-corrected chi connectivity index (χ4v) is 2.20. The minimum atomic E-state index is -0.238. The van der Waals surface area contributed by atoms with E-state index in [2.05, 4.69) is 10.6 Å². The standard InChI is InChI=1S/C19H22N2O2/c1-14-6-4-5-7-16(14)12-13-20-19(22)21-15(2)17-8-10-18(23-3)11-9-17/h4-13,15H,1-3H3,(H2,20,21,22)/b13-12+. The number of rotatable bonds is 5. The van der Waals surface area contributed by atoms with Gasteiger partial charge in [-0.25, -0.2) is 4.79 Å². The zero-order valence-corrected chi connectivity index (χ0v) is 13.7. The molecule has 120 valence electrons. The van der Waals surface area contributed by atoms with Crippen molar-refractivity contribution in [1.82, 2.24) is 10.6 Å². The lowest BCUT2D eigenvalue weighted by atomic mass is 10.1. The van der Waals surface area contributed by atoms with Gasteiger partial charge in [-0.05, 0) is 48.7 Å². The van der Waals surface area contributed by atoms with Gasteiger partial charge in [-0.1, -0.05) is 36.4 Å². The second-order valence-electron chi connectivity index (χ2n) is 5.30. The van der Waals surface area contributed by atoms with Crippen molar-refractivity contribution in [3.05, 3.63) is 71.4 Å². The first kappa shape index (κ1) is 16.6. The highest BCUT2D eigenvalue weighted by Gasteiger charge is 2.08. The lowest BCUT2D eigenvalue weighted by molar-refractivity contribution is 0.241. The molecule has 4 nitrogen and oxygen atoms in total. The summed E-state index contributed by atoms with van der Waals surface area (Å²) in [5.41, 5.74) is 3.26. The first-order chi connectivity index (χ1) is 11.1. The fourth-order valence-electron chi connectivity index (χ4n) is 2.20. The Hall–Kier alpha value is -2.75. The predicted molar refractivity (Wildman–Crippen MR) is 93.3 cm³/mol. The van der Waals surface area contributed by atoms with Crippen LogP contribution in [0.25, 0.3) is 6.08 Å². The average molecular weight is 310 g/mol. The topological polar surface area (TPSA) is 50.4 Å². The molecule has 23 heavy (non-hydrogen) atoms. The summed E-state index contributed by atoms with van der Waals surface area (Å²) in [7, 11) is 1.63. The molecule has 0 heterocycles. The van der Waals surface area contributed by atoms with Crippen molar-refractivity contribution in [2.24, 2.45) is 0 Å². The summed E-state index contributed by atoms with van der Waals surface area (Å²) < 4.78 is 5.13. The maximum atomic E-state index is 11.9. The summed E-state index contributed by atoms with van der Waals surface area (Å²) in [5.74, 6) is 0.798. The molecule has 2 N–H and O–H groups in total. The molecule has 1 atom stereocenters. The normalized spacial score (nSPS) is 12.0. The van der Waals surface area contributed by atoms with Crippen LogP contribution in [-0.4, -0.2) is 13.1 Å². The number of benzene rings is 2. The number of urea groups is 1. The third kappa shape index (κ3) is 4.88. The zero-order valence-electron chi connectivity index (χ0n) is 13.7. The lowest BCUT2D eigenvalue weighted by Crippen LogP contribution is -2.34. The van der Waals surface area contributed by atoms with Gasteiger partial charge in [-0.3, -0.25) is 0 Å². The largest absolute Gasteiger partial charge is 0.497 e. The van der Waals surface area contributed by atoms with E-state index in [9.17, 15) is 4.79 Å². The van der Waals surface area contributed by atoms with E-state index < -0.39 is 0 Å². The number of nitrogens with one attached hydrogen (secondary N) is 2. The molecular formula is C19H22N2O2. The Bertz CT molecular complexity index is 678. The van der Waals surface area contributed by atoms with Crippen LogP contribution >= 0.6 is 0 Å². The van der Waals surface area contributed by atoms with E-state index in [0.717, 1.165) is 22.4 Å². The Morgan fingerprint density at radius 2 is 1.83 bits per heavy atom. The van der Waals surface area contributed by atoms with E-state index in [4.69, 9.17) is 4.74 Å². The molecule has 0 aromatic heterocycles. The van der Waals surface area contributed by atoms with E-state index in [-0.39, 0.29) is 12.1 Å². The van der Waals surface area contributed by atoms with Crippen LogP contribution in [0.5, 0.6) is 5.75 Å². The summed E-state index contributed by atoms with van der Waals surface area (Å²) in [4.78, 5) is 11.9. The van der Waals surface area contributed by atoms with Gasteiger partial charge >= 0.3 is 6.03 Å². The smallest absolute Gasteiger partial charge is 0.319 e. The summed E-state index contributed by atoms with van der Waals surface area (Å²) in [5, 5.41) is 5.62. The molecule has 2 aromatic rings. The molecule has 0 aliphatic rings. The van der Waals surface area contributed by atoms with Gasteiger partial charge < -0.3 is 15.4 Å². The third-order valence-electron chi connectivity index (χ3n) is 3.63. The second-order valence-corrected chi connectivity index (χ2v) is 5.30. The van der Waals surface area contributed by atoms with Crippen molar-refractivity contribution in [3.8, 4) is 5.75 Å². The fraction of sp³-hybridized carbons (Fsp3) is 0.211. The maximum Gasteiger partial charge on any atom is 0.319 e. The number of carbonyl (C=O) groups excluding carboxylic acids is 1. The van der Waals surface area contributed by atoms with E-state index in [1.165, 1.54) is 0 Å². The van der Waals surface area contributed by atoms with Gasteiger partial charge in [0.2, 0.25) is 0 Å². The molecule has 2 amide bonds. The average Bonchev–Trinajstić information content (AvgIpc) is 2.56. The molecule has 0 saturated carbocycles. The van der Waals surface area contributed by atoms with E-state index in [1.807, 2.05) is 68.5 Å². The monoisotopic (exact) mass is 310 g/mol. The predicted octanol–water partition coefficient (Wildman–Crippen LogP) is 4.03. The number of aryl methyl sites for hydroxylation is 1. The highest BCUT2D eigenvalue weighted by Crippen LogP contribution is 2.17. The van der Waals surface area contributed by atoms with Crippen molar-refractivity contribution < 1.29 is 9.53 Å². The number of ether oxygens (including phenoxy) is 1. The van der Waals surface area contributed by atoms with Crippen molar-refractivity contribution >= 4 is 12.1 Å². The number of hydrogen-bond donors (Lipinski definition) is 2. The number of hydrogen-bond acceptors (Lipinski definition) is 2. The molecule has 0 fully saturated rings. The van der Waals surface area contributed by atoms with Crippen LogP contribution in [0, 0.1) is 6.92 Å². The van der Waals surface area contributed by atoms with E-state index in [0.29, 0.717) is 0 Å². The molecule has 0 radical (unpaired) electrons. The van der Waals surface area contributed by atoms with Crippen LogP contribution in [-0.2, 0) is 0 Å². The summed E-state index contributed by atoms with van der Waals surface area (Å²) in [6.45, 7) is 3.97. The summed E-state index contributed by atoms with van der Waals surface area (Å²) in [6, 6.07) is 15.3. The van der Waals surface area contributed by atoms with Gasteiger partial charge in [-0.2, -0.15) is 0 Å². The minimum absolute atomic E-state index is 0.0900. The Balaban J connectivity index is 1.87. The third-order valence-corrected chi connectivity index (χ3v) is 3.63. The molecule has 1 unspecified atom stereocenters. The van der Waals surface area contributed by atoms with Gasteiger partial charge in [0.1, 0.15) is 5.75 Å². The Morgan fingerprint density at radius 1 is 1.13 bits per heavy atom. The van der Waals surface area contributed by atoms with Gasteiger partial charge in [0.15, 0.2) is 0 Å². The van der Waals surface area contributed by atoms with Crippen LogP contribution in [0.1, 0.15) is 29.7 Å². The van der Waals surface area contributed by atoms with E-state index >= 15 is 0 Å². The number of carbonyl (C=O) groups is 1. The molecule has 0 aliphatic heterocycles. The van der Waals surface area contributed by atoms with Gasteiger partial charge in [-0.15, -0.1) is 0 Å². The van der Waals surface area contributed by atoms with E-state index in [1.54, 1.807) is 13.3 Å². The molecule has 0 bridgehead atoms. The second kappa shape index (κ2) is 8.03. The molecule has 2 aromatic carbocycles. The van der Waals surface area contributed by atoms with Crippen molar-refractivity contribution in [2.75, 3.05) is 7.11 Å². The van der Waals surface area contributed by atoms with Crippen molar-refractivity contribution in [1.29, 1.82) is 0 Å². The highest BCUT2D eigenvalue weighted by atomic mass is 16.5. The van der Waals surface area contributed by atoms with Crippen LogP contribution in [0.2, 0.25) is 0 Å². The first-order valence-electron chi connectivity index (χ1n) is 7.53. The van der Waals surface area contributed by atoms with Crippen LogP contribution in [0.15, 0.2) is 54.7 Å². The SMILES string of the molecule is COc1ccc(C(C)NC(=O)N/C=C/c2ccccc2C)cc1. The minimum Gasteiger partial charge on any atom is -0.497 e. The molecule has 2 rings (SSSR count). The van der Waals surface area contributed by atoms with Crippen molar-refractivity contribution in [2.45, 2.75) is 19.9 Å². The Labute approximate surface area is 137 Å². The van der Waals surface area contributed by atoms with Crippen LogP contribution in [0.3, 0.4) is 0 Å². The van der Waals surface area contributed by atoms with Crippen molar-refractivity contribution in [3.63, 3.8) is 0 Å². The number of amides is 2. The van der Waals surface area contributed by atoms with Crippen LogP contribution in [0.4, 0.5) is 4.79 Å². The summed E-state index contributed by atoms with van der Waals surface area (Å²) >= 11 is 0. The Kier molecular flexibility index (Phi) is 5.80. The summed E-state index contributed by atoms with van der Waals surface area (Å²) in [6.07, 6.45) is 3.53. The maximum absolute atomic E-state index is 11.9. The van der Waals surface area contributed by atoms with Gasteiger partial charge in [0.05, 0.1) is 13.2 Å². The number of methoxy groups -OCH3 is 1.